The zero-order valence-corrected chi connectivity index (χ0v) is 12.2. The minimum absolute atomic E-state index is 0.178. The maximum Gasteiger partial charge on any atom is 0.419 e. The summed E-state index contributed by atoms with van der Waals surface area (Å²) in [5.41, 5.74) is 2.03. The third-order valence-electron chi connectivity index (χ3n) is 3.68. The average Bonchev–Trinajstić information content (AvgIpc) is 3.12. The van der Waals surface area contributed by atoms with Crippen molar-refractivity contribution >= 4 is 22.7 Å². The van der Waals surface area contributed by atoms with E-state index in [1.165, 1.54) is 4.57 Å². The van der Waals surface area contributed by atoms with Crippen LogP contribution in [0.15, 0.2) is 45.6 Å². The van der Waals surface area contributed by atoms with E-state index in [1.807, 2.05) is 0 Å². The minimum Gasteiger partial charge on any atom is -0.454 e. The highest BCUT2D eigenvalue weighted by atomic mass is 16.7. The molecule has 1 aliphatic rings. The number of nitrogens with one attached hydrogen (secondary N) is 1. The van der Waals surface area contributed by atoms with Crippen molar-refractivity contribution < 1.29 is 18.7 Å². The molecule has 0 spiro atoms. The van der Waals surface area contributed by atoms with Crippen molar-refractivity contribution in [3.05, 3.63) is 52.5 Å². The van der Waals surface area contributed by atoms with Crippen LogP contribution in [0.4, 0.5) is 5.69 Å². The molecular weight excluding hydrogens is 300 g/mol. The molecule has 1 aliphatic heterocycles. The van der Waals surface area contributed by atoms with Crippen molar-refractivity contribution in [3.8, 4) is 11.5 Å². The first-order valence-electron chi connectivity index (χ1n) is 6.92. The lowest BCUT2D eigenvalue weighted by atomic mass is 10.2. The molecule has 23 heavy (non-hydrogen) atoms. The quantitative estimate of drug-likeness (QED) is 0.783. The predicted molar refractivity (Wildman–Crippen MR) is 82.0 cm³/mol. The normalized spacial score (nSPS) is 12.6. The number of hydrogen-bond acceptors (Lipinski definition) is 5. The van der Waals surface area contributed by atoms with Gasteiger partial charge in [0, 0.05) is 24.4 Å². The van der Waals surface area contributed by atoms with Gasteiger partial charge in [0.2, 0.25) is 6.79 Å². The van der Waals surface area contributed by atoms with Crippen molar-refractivity contribution in [1.29, 1.82) is 0 Å². The van der Waals surface area contributed by atoms with Gasteiger partial charge in [-0.25, -0.2) is 4.79 Å². The third-order valence-corrected chi connectivity index (χ3v) is 3.68. The number of aryl methyl sites for hydroxylation is 1. The summed E-state index contributed by atoms with van der Waals surface area (Å²) in [6.07, 6.45) is 0. The highest BCUT2D eigenvalue weighted by Crippen LogP contribution is 2.34. The lowest BCUT2D eigenvalue weighted by Gasteiger charge is -2.06. The molecule has 0 radical (unpaired) electrons. The van der Waals surface area contributed by atoms with Crippen LogP contribution in [0.1, 0.15) is 10.4 Å². The summed E-state index contributed by atoms with van der Waals surface area (Å²) in [7, 11) is 1.59. The summed E-state index contributed by atoms with van der Waals surface area (Å²) >= 11 is 0. The van der Waals surface area contributed by atoms with E-state index in [4.69, 9.17) is 13.9 Å². The van der Waals surface area contributed by atoms with E-state index in [-0.39, 0.29) is 12.7 Å². The highest BCUT2D eigenvalue weighted by molar-refractivity contribution is 6.06. The predicted octanol–water partition coefficient (Wildman–Crippen LogP) is 2.11. The molecule has 0 unspecified atom stereocenters. The van der Waals surface area contributed by atoms with Crippen LogP contribution in [0.25, 0.3) is 11.1 Å². The second-order valence-electron chi connectivity index (χ2n) is 5.13. The number of aromatic nitrogens is 1. The number of amides is 1. The van der Waals surface area contributed by atoms with Gasteiger partial charge in [-0.2, -0.15) is 0 Å². The molecule has 0 atom stereocenters. The van der Waals surface area contributed by atoms with Crippen LogP contribution in [-0.2, 0) is 7.05 Å². The van der Waals surface area contributed by atoms with Gasteiger partial charge in [-0.05, 0) is 30.3 Å². The van der Waals surface area contributed by atoms with E-state index < -0.39 is 5.76 Å². The molecule has 0 saturated heterocycles. The molecule has 1 amide bonds. The minimum atomic E-state index is -0.465. The Morgan fingerprint density at radius 1 is 1.13 bits per heavy atom. The first kappa shape index (κ1) is 13.4. The third kappa shape index (κ3) is 2.22. The molecule has 0 aliphatic carbocycles. The van der Waals surface area contributed by atoms with Crippen LogP contribution in [0.5, 0.6) is 11.5 Å². The summed E-state index contributed by atoms with van der Waals surface area (Å²) in [5, 5.41) is 2.79. The molecule has 0 bridgehead atoms. The van der Waals surface area contributed by atoms with Crippen LogP contribution >= 0.6 is 0 Å². The van der Waals surface area contributed by atoms with E-state index in [1.54, 1.807) is 43.4 Å². The van der Waals surface area contributed by atoms with Gasteiger partial charge in [0.1, 0.15) is 0 Å². The smallest absolute Gasteiger partial charge is 0.419 e. The van der Waals surface area contributed by atoms with Gasteiger partial charge in [0.05, 0.1) is 5.52 Å². The number of carbonyl (C=O) groups excluding carboxylic acids is 1. The summed E-state index contributed by atoms with van der Waals surface area (Å²) in [6, 6.07) is 9.99. The Balaban J connectivity index is 1.64. The van der Waals surface area contributed by atoms with Crippen LogP contribution in [0, 0.1) is 0 Å². The zero-order valence-electron chi connectivity index (χ0n) is 12.2. The Morgan fingerprint density at radius 3 is 2.83 bits per heavy atom. The van der Waals surface area contributed by atoms with Crippen LogP contribution in [-0.4, -0.2) is 17.3 Å². The number of rotatable bonds is 2. The topological polar surface area (TPSA) is 82.7 Å². The Labute approximate surface area is 130 Å². The van der Waals surface area contributed by atoms with Crippen molar-refractivity contribution in [2.45, 2.75) is 0 Å². The first-order valence-corrected chi connectivity index (χ1v) is 6.92. The molecule has 1 N–H and O–H groups in total. The van der Waals surface area contributed by atoms with Crippen LogP contribution < -0.4 is 20.5 Å². The monoisotopic (exact) mass is 312 g/mol. The molecule has 4 rings (SSSR count). The van der Waals surface area contributed by atoms with Crippen LogP contribution in [0.2, 0.25) is 0 Å². The molecule has 1 aromatic heterocycles. The number of fused-ring (bicyclic) bond motifs is 2. The zero-order chi connectivity index (χ0) is 16.0. The summed E-state index contributed by atoms with van der Waals surface area (Å²) in [6.45, 7) is 0.178. The second kappa shape index (κ2) is 4.91. The van der Waals surface area contributed by atoms with Gasteiger partial charge in [-0.1, -0.05) is 0 Å². The number of nitrogens with zero attached hydrogens (tertiary/aromatic N) is 1. The van der Waals surface area contributed by atoms with Crippen molar-refractivity contribution in [2.24, 2.45) is 7.05 Å². The Morgan fingerprint density at radius 2 is 1.96 bits per heavy atom. The number of oxazole rings is 1. The van der Waals surface area contributed by atoms with E-state index in [9.17, 15) is 9.59 Å². The van der Waals surface area contributed by atoms with Gasteiger partial charge in [0.15, 0.2) is 17.1 Å². The summed E-state index contributed by atoms with van der Waals surface area (Å²) in [4.78, 5) is 23.9. The molecule has 2 aromatic carbocycles. The molecule has 7 nitrogen and oxygen atoms in total. The van der Waals surface area contributed by atoms with Gasteiger partial charge in [0.25, 0.3) is 5.91 Å². The maximum absolute atomic E-state index is 12.4. The lowest BCUT2D eigenvalue weighted by molar-refractivity contribution is 0.102. The summed E-state index contributed by atoms with van der Waals surface area (Å²) in [5.74, 6) is 0.487. The SMILES string of the molecule is Cn1c(=O)oc2ccc(C(=O)Nc3ccc4c(c3)OCO4)cc21. The number of carbonyl (C=O) groups is 1. The van der Waals surface area contributed by atoms with Gasteiger partial charge >= 0.3 is 5.76 Å². The van der Waals surface area contributed by atoms with E-state index in [2.05, 4.69) is 5.32 Å². The summed E-state index contributed by atoms with van der Waals surface area (Å²) < 4.78 is 16.9. The van der Waals surface area contributed by atoms with Gasteiger partial charge in [-0.15, -0.1) is 0 Å². The Kier molecular flexibility index (Phi) is 2.87. The van der Waals surface area contributed by atoms with Gasteiger partial charge < -0.3 is 19.2 Å². The molecule has 0 saturated carbocycles. The number of hydrogen-bond donors (Lipinski definition) is 1. The molecule has 3 aromatic rings. The van der Waals surface area contributed by atoms with E-state index >= 15 is 0 Å². The number of anilines is 1. The largest absolute Gasteiger partial charge is 0.454 e. The van der Waals surface area contributed by atoms with Crippen molar-refractivity contribution in [3.63, 3.8) is 0 Å². The lowest BCUT2D eigenvalue weighted by Crippen LogP contribution is -2.12. The van der Waals surface area contributed by atoms with Gasteiger partial charge in [-0.3, -0.25) is 9.36 Å². The fourth-order valence-electron chi connectivity index (χ4n) is 2.45. The highest BCUT2D eigenvalue weighted by Gasteiger charge is 2.15. The average molecular weight is 312 g/mol. The molecule has 2 heterocycles. The van der Waals surface area contributed by atoms with E-state index in [0.717, 1.165) is 0 Å². The Bertz CT molecular complexity index is 986. The number of benzene rings is 2. The van der Waals surface area contributed by atoms with Crippen molar-refractivity contribution in [2.75, 3.05) is 12.1 Å². The standard InChI is InChI=1S/C16H12N2O5/c1-18-11-6-9(2-4-12(11)23-16(18)20)15(19)17-10-3-5-13-14(7-10)22-8-21-13/h2-7H,8H2,1H3,(H,17,19). The number of ether oxygens (including phenoxy) is 2. The molecular formula is C16H12N2O5. The second-order valence-corrected chi connectivity index (χ2v) is 5.13. The Hall–Kier alpha value is -3.22. The van der Waals surface area contributed by atoms with Crippen LogP contribution in [0.3, 0.4) is 0 Å². The fourth-order valence-corrected chi connectivity index (χ4v) is 2.45. The van der Waals surface area contributed by atoms with E-state index in [0.29, 0.717) is 33.8 Å². The molecule has 7 heteroatoms. The van der Waals surface area contributed by atoms with Crippen molar-refractivity contribution in [1.82, 2.24) is 4.57 Å². The molecule has 116 valence electrons. The molecule has 0 fully saturated rings. The maximum atomic E-state index is 12.4. The fraction of sp³-hybridized carbons (Fsp3) is 0.125. The first-order chi connectivity index (χ1) is 11.1.